The van der Waals surface area contributed by atoms with Gasteiger partial charge in [0.05, 0.1) is 33.2 Å². The molecular formula is C21H22F2N4O3S. The predicted molar refractivity (Wildman–Crippen MR) is 116 cm³/mol. The van der Waals surface area contributed by atoms with Crippen LogP contribution in [0.4, 0.5) is 26.0 Å². The largest absolute Gasteiger partial charge is 0.483 e. The second-order valence-electron chi connectivity index (χ2n) is 7.35. The first-order chi connectivity index (χ1) is 14.9. The number of alkyl halides is 1. The Bertz CT molecular complexity index is 1230. The van der Waals surface area contributed by atoms with Crippen LogP contribution in [0.1, 0.15) is 12.0 Å². The van der Waals surface area contributed by atoms with Gasteiger partial charge in [-0.1, -0.05) is 0 Å². The van der Waals surface area contributed by atoms with E-state index in [1.54, 1.807) is 6.07 Å². The second-order valence-corrected chi connectivity index (χ2v) is 9.89. The van der Waals surface area contributed by atoms with Crippen molar-refractivity contribution in [3.8, 4) is 5.75 Å². The number of aliphatic hydroxyl groups is 1. The van der Waals surface area contributed by atoms with Crippen LogP contribution < -0.4 is 10.1 Å². The Labute approximate surface area is 178 Å². The average Bonchev–Trinajstić information content (AvgIpc) is 2.72. The van der Waals surface area contributed by atoms with Gasteiger partial charge in [0.1, 0.15) is 36.5 Å². The molecule has 1 aliphatic rings. The van der Waals surface area contributed by atoms with Crippen molar-refractivity contribution in [2.24, 2.45) is 4.36 Å². The first-order valence-corrected chi connectivity index (χ1v) is 11.6. The molecular weight excluding hydrogens is 426 g/mol. The zero-order chi connectivity index (χ0) is 22.0. The predicted octanol–water partition coefficient (Wildman–Crippen LogP) is 4.03. The molecule has 10 heteroatoms. The number of aryl methyl sites for hydroxylation is 1. The zero-order valence-electron chi connectivity index (χ0n) is 16.8. The van der Waals surface area contributed by atoms with Crippen molar-refractivity contribution >= 4 is 37.8 Å². The number of aromatic nitrogens is 2. The van der Waals surface area contributed by atoms with E-state index in [9.17, 15) is 18.1 Å². The van der Waals surface area contributed by atoms with Gasteiger partial charge in [0, 0.05) is 23.0 Å². The van der Waals surface area contributed by atoms with Crippen molar-refractivity contribution in [1.82, 2.24) is 9.97 Å². The summed E-state index contributed by atoms with van der Waals surface area (Å²) < 4.78 is 49.1. The van der Waals surface area contributed by atoms with E-state index < -0.39 is 34.9 Å². The molecule has 1 aliphatic heterocycles. The van der Waals surface area contributed by atoms with Crippen molar-refractivity contribution in [1.29, 1.82) is 0 Å². The van der Waals surface area contributed by atoms with E-state index >= 15 is 0 Å². The third-order valence-electron chi connectivity index (χ3n) is 4.98. The molecule has 1 saturated heterocycles. The third-order valence-corrected chi connectivity index (χ3v) is 7.38. The second kappa shape index (κ2) is 8.72. The number of benzene rings is 2. The molecule has 3 aromatic rings. The van der Waals surface area contributed by atoms with Crippen molar-refractivity contribution in [2.75, 3.05) is 30.1 Å². The number of nitrogens with one attached hydrogen (secondary N) is 1. The molecule has 0 amide bonds. The Morgan fingerprint density at radius 1 is 1.29 bits per heavy atom. The minimum absolute atomic E-state index is 0.0506. The van der Waals surface area contributed by atoms with E-state index in [1.807, 2.05) is 13.0 Å². The Morgan fingerprint density at radius 3 is 2.77 bits per heavy atom. The molecule has 1 aromatic heterocycles. The van der Waals surface area contributed by atoms with Crippen LogP contribution >= 0.6 is 0 Å². The number of halogens is 2. The maximum atomic E-state index is 13.8. The normalized spacial score (nSPS) is 15.9. The summed E-state index contributed by atoms with van der Waals surface area (Å²) in [5, 5.41) is 13.0. The highest BCUT2D eigenvalue weighted by Gasteiger charge is 2.20. The van der Waals surface area contributed by atoms with Crippen molar-refractivity contribution < 1.29 is 22.8 Å². The summed E-state index contributed by atoms with van der Waals surface area (Å²) >= 11 is 0. The van der Waals surface area contributed by atoms with E-state index in [2.05, 4.69) is 19.6 Å². The average molecular weight is 448 g/mol. The van der Waals surface area contributed by atoms with E-state index in [0.29, 0.717) is 39.6 Å². The summed E-state index contributed by atoms with van der Waals surface area (Å²) in [5.74, 6) is 1.16. The fourth-order valence-electron chi connectivity index (χ4n) is 3.32. The molecule has 1 atom stereocenters. The summed E-state index contributed by atoms with van der Waals surface area (Å²) in [6, 6.07) is 7.39. The number of hydrogen-bond acceptors (Lipinski definition) is 7. The number of fused-ring (bicyclic) bond motifs is 1. The topological polar surface area (TPSA) is 96.7 Å². The third kappa shape index (κ3) is 4.59. The Kier molecular flexibility index (Phi) is 6.01. The summed E-state index contributed by atoms with van der Waals surface area (Å²) in [6.45, 7) is 0.408. The van der Waals surface area contributed by atoms with Crippen LogP contribution in [0.15, 0.2) is 41.0 Å². The summed E-state index contributed by atoms with van der Waals surface area (Å²) in [6.07, 6.45) is 1.19. The lowest BCUT2D eigenvalue weighted by atomic mass is 10.1. The van der Waals surface area contributed by atoms with Gasteiger partial charge in [0.25, 0.3) is 0 Å². The number of hydrogen-bond donors (Lipinski definition) is 2. The maximum Gasteiger partial charge on any atom is 0.150 e. The lowest BCUT2D eigenvalue weighted by Gasteiger charge is -2.19. The quantitative estimate of drug-likeness (QED) is 0.566. The van der Waals surface area contributed by atoms with Crippen LogP contribution in [0.3, 0.4) is 0 Å². The molecule has 0 aliphatic carbocycles. The highest BCUT2D eigenvalue weighted by atomic mass is 32.2. The number of ether oxygens (including phenoxy) is 1. The van der Waals surface area contributed by atoms with Crippen LogP contribution in [-0.2, 0) is 9.73 Å². The number of rotatable bonds is 7. The fourth-order valence-corrected chi connectivity index (χ4v) is 4.77. The lowest BCUT2D eigenvalue weighted by Crippen LogP contribution is -2.23. The van der Waals surface area contributed by atoms with E-state index in [-0.39, 0.29) is 5.75 Å². The Morgan fingerprint density at radius 2 is 2.10 bits per heavy atom. The fraction of sp³-hybridized carbons (Fsp3) is 0.333. The van der Waals surface area contributed by atoms with Gasteiger partial charge in [-0.25, -0.2) is 23.0 Å². The summed E-state index contributed by atoms with van der Waals surface area (Å²) in [5.41, 5.74) is 2.40. The molecule has 164 valence electrons. The van der Waals surface area contributed by atoms with Gasteiger partial charge in [-0.3, -0.25) is 0 Å². The van der Waals surface area contributed by atoms with Crippen LogP contribution in [0.5, 0.6) is 5.75 Å². The van der Waals surface area contributed by atoms with Crippen LogP contribution in [0.2, 0.25) is 0 Å². The van der Waals surface area contributed by atoms with E-state index in [4.69, 9.17) is 4.74 Å². The molecule has 2 N–H and O–H groups in total. The monoisotopic (exact) mass is 448 g/mol. The molecule has 0 unspecified atom stereocenters. The SMILES string of the molecule is Cc1cc(N=S2(=O)CCC2)cc2ncnc(Nc3ccc(F)cc3O[C@H](CO)CF)c12. The number of aliphatic hydroxyl groups excluding tert-OH is 1. The van der Waals surface area contributed by atoms with E-state index in [1.165, 1.54) is 18.5 Å². The van der Waals surface area contributed by atoms with Gasteiger partial charge in [-0.2, -0.15) is 4.36 Å². The minimum atomic E-state index is -2.15. The lowest BCUT2D eigenvalue weighted by molar-refractivity contribution is 0.0935. The van der Waals surface area contributed by atoms with Crippen molar-refractivity contribution in [3.05, 3.63) is 48.0 Å². The van der Waals surface area contributed by atoms with Gasteiger partial charge < -0.3 is 15.2 Å². The van der Waals surface area contributed by atoms with Gasteiger partial charge >= 0.3 is 0 Å². The molecule has 2 heterocycles. The smallest absolute Gasteiger partial charge is 0.150 e. The van der Waals surface area contributed by atoms with Crippen LogP contribution in [0, 0.1) is 12.7 Å². The standard InChI is InChI=1S/C21H22F2N4O3S/c1-13-7-15(27-31(29)5-2-6-31)9-18-20(13)21(25-12-24-18)26-17-4-3-14(23)8-19(17)30-16(10-22)11-28/h3-4,7-9,12,16,28H,2,5-6,10-11H2,1H3,(H,24,25,26)/t16-/m0/s1. The van der Waals surface area contributed by atoms with Gasteiger partial charge in [-0.15, -0.1) is 0 Å². The molecule has 31 heavy (non-hydrogen) atoms. The minimum Gasteiger partial charge on any atom is -0.483 e. The zero-order valence-corrected chi connectivity index (χ0v) is 17.7. The maximum absolute atomic E-state index is 13.8. The van der Waals surface area contributed by atoms with Gasteiger partial charge in [-0.05, 0) is 43.2 Å². The van der Waals surface area contributed by atoms with Gasteiger partial charge in [0.15, 0.2) is 0 Å². The Hall–Kier alpha value is -2.85. The van der Waals surface area contributed by atoms with Crippen molar-refractivity contribution in [3.63, 3.8) is 0 Å². The summed E-state index contributed by atoms with van der Waals surface area (Å²) in [4.78, 5) is 8.61. The first kappa shape index (κ1) is 21.4. The number of anilines is 2. The Balaban J connectivity index is 1.73. The number of nitrogens with zero attached hydrogens (tertiary/aromatic N) is 3. The van der Waals surface area contributed by atoms with Gasteiger partial charge in [0.2, 0.25) is 0 Å². The molecule has 1 fully saturated rings. The molecule has 4 rings (SSSR count). The first-order valence-electron chi connectivity index (χ1n) is 9.79. The molecule has 0 bridgehead atoms. The molecule has 0 spiro atoms. The molecule has 7 nitrogen and oxygen atoms in total. The highest BCUT2D eigenvalue weighted by molar-refractivity contribution is 7.95. The van der Waals surface area contributed by atoms with Crippen LogP contribution in [-0.4, -0.2) is 50.2 Å². The van der Waals surface area contributed by atoms with Crippen LogP contribution in [0.25, 0.3) is 10.9 Å². The van der Waals surface area contributed by atoms with E-state index in [0.717, 1.165) is 18.1 Å². The molecule has 2 aromatic carbocycles. The summed E-state index contributed by atoms with van der Waals surface area (Å²) in [7, 11) is -2.15. The molecule has 0 radical (unpaired) electrons. The molecule has 0 saturated carbocycles. The van der Waals surface area contributed by atoms with Crippen molar-refractivity contribution in [2.45, 2.75) is 19.4 Å². The highest BCUT2D eigenvalue weighted by Crippen LogP contribution is 2.34.